The number of nitrogens with zero attached hydrogens (tertiary/aromatic N) is 2. The molecule has 0 aliphatic rings. The van der Waals surface area contributed by atoms with Crippen LogP contribution in [0.25, 0.3) is 11.4 Å². The van der Waals surface area contributed by atoms with Crippen molar-refractivity contribution in [2.24, 2.45) is 0 Å². The van der Waals surface area contributed by atoms with Gasteiger partial charge >= 0.3 is 0 Å². The van der Waals surface area contributed by atoms with E-state index in [0.29, 0.717) is 22.8 Å². The zero-order valence-electron chi connectivity index (χ0n) is 10.8. The average molecular weight is 316 g/mol. The molecule has 1 aromatic heterocycles. The molecular weight excluding hydrogens is 302 g/mol. The Morgan fingerprint density at radius 2 is 2.10 bits per heavy atom. The van der Waals surface area contributed by atoms with Crippen LogP contribution in [0.5, 0.6) is 0 Å². The van der Waals surface area contributed by atoms with Gasteiger partial charge in [0, 0.05) is 5.56 Å². The molecular formula is C12H14ClN3O3S. The molecule has 0 bridgehead atoms. The number of nitrogens with one attached hydrogen (secondary N) is 1. The van der Waals surface area contributed by atoms with Crippen molar-refractivity contribution >= 4 is 21.6 Å². The molecule has 0 aliphatic heterocycles. The largest absolute Gasteiger partial charge is 0.338 e. The lowest BCUT2D eigenvalue weighted by molar-refractivity contribution is 0.376. The smallest absolute Gasteiger partial charge is 0.242 e. The van der Waals surface area contributed by atoms with Crippen LogP contribution < -0.4 is 4.72 Å². The molecule has 0 aliphatic carbocycles. The summed E-state index contributed by atoms with van der Waals surface area (Å²) >= 11 is 6.03. The number of halogens is 1. The van der Waals surface area contributed by atoms with E-state index in [4.69, 9.17) is 16.1 Å². The van der Waals surface area contributed by atoms with Crippen LogP contribution in [0, 0.1) is 0 Å². The molecule has 8 heteroatoms. The minimum atomic E-state index is -3.30. The SMILES string of the molecule is CCCS(=O)(=O)NCc1nc(-c2ccccc2Cl)no1. The van der Waals surface area contributed by atoms with Crippen LogP contribution >= 0.6 is 11.6 Å². The van der Waals surface area contributed by atoms with Gasteiger partial charge in [0.2, 0.25) is 21.7 Å². The molecule has 1 heterocycles. The minimum Gasteiger partial charge on any atom is -0.338 e. The summed E-state index contributed by atoms with van der Waals surface area (Å²) in [6.45, 7) is 1.77. The highest BCUT2D eigenvalue weighted by Gasteiger charge is 2.14. The van der Waals surface area contributed by atoms with Crippen LogP contribution in [0.15, 0.2) is 28.8 Å². The summed E-state index contributed by atoms with van der Waals surface area (Å²) in [6, 6.07) is 7.09. The van der Waals surface area contributed by atoms with Gasteiger partial charge in [0.25, 0.3) is 0 Å². The van der Waals surface area contributed by atoms with Gasteiger partial charge in [0.05, 0.1) is 17.3 Å². The summed E-state index contributed by atoms with van der Waals surface area (Å²) in [5.41, 5.74) is 0.639. The van der Waals surface area contributed by atoms with E-state index >= 15 is 0 Å². The van der Waals surface area contributed by atoms with Gasteiger partial charge in [-0.15, -0.1) is 0 Å². The molecule has 20 heavy (non-hydrogen) atoms. The zero-order chi connectivity index (χ0) is 14.6. The van der Waals surface area contributed by atoms with Crippen LogP contribution in [0.4, 0.5) is 0 Å². The molecule has 0 unspecified atom stereocenters. The summed E-state index contributed by atoms with van der Waals surface area (Å²) in [5, 5.41) is 4.29. The van der Waals surface area contributed by atoms with Crippen molar-refractivity contribution in [1.29, 1.82) is 0 Å². The topological polar surface area (TPSA) is 85.1 Å². The molecule has 0 atom stereocenters. The Hall–Kier alpha value is -1.44. The molecule has 108 valence electrons. The lowest BCUT2D eigenvalue weighted by Crippen LogP contribution is -2.25. The molecule has 0 fully saturated rings. The zero-order valence-corrected chi connectivity index (χ0v) is 12.4. The van der Waals surface area contributed by atoms with Gasteiger partial charge in [-0.2, -0.15) is 4.98 Å². The number of aromatic nitrogens is 2. The Bertz CT molecular complexity index is 685. The Morgan fingerprint density at radius 1 is 1.35 bits per heavy atom. The van der Waals surface area contributed by atoms with Crippen LogP contribution in [0.1, 0.15) is 19.2 Å². The average Bonchev–Trinajstić information content (AvgIpc) is 2.86. The van der Waals surface area contributed by atoms with Gasteiger partial charge in [-0.05, 0) is 18.6 Å². The van der Waals surface area contributed by atoms with Gasteiger partial charge < -0.3 is 4.52 Å². The summed E-state index contributed by atoms with van der Waals surface area (Å²) < 4.78 is 30.4. The Balaban J connectivity index is 2.09. The second-order valence-electron chi connectivity index (χ2n) is 4.13. The predicted molar refractivity (Wildman–Crippen MR) is 75.7 cm³/mol. The molecule has 1 N–H and O–H groups in total. The number of sulfonamides is 1. The van der Waals surface area contributed by atoms with Crippen LogP contribution in [-0.4, -0.2) is 24.3 Å². The van der Waals surface area contributed by atoms with E-state index in [-0.39, 0.29) is 18.2 Å². The molecule has 0 radical (unpaired) electrons. The normalized spacial score (nSPS) is 11.7. The summed E-state index contributed by atoms with van der Waals surface area (Å²) in [5.74, 6) is 0.596. The lowest BCUT2D eigenvalue weighted by Gasteiger charge is -2.01. The fraction of sp³-hybridized carbons (Fsp3) is 0.333. The van der Waals surface area contributed by atoms with Crippen molar-refractivity contribution in [2.75, 3.05) is 5.75 Å². The third-order valence-corrected chi connectivity index (χ3v) is 4.36. The van der Waals surface area contributed by atoms with Gasteiger partial charge in [-0.25, -0.2) is 13.1 Å². The van der Waals surface area contributed by atoms with Gasteiger partial charge in [0.1, 0.15) is 0 Å². The van der Waals surface area contributed by atoms with Crippen molar-refractivity contribution in [2.45, 2.75) is 19.9 Å². The fourth-order valence-corrected chi connectivity index (χ4v) is 2.84. The van der Waals surface area contributed by atoms with Crippen molar-refractivity contribution in [3.63, 3.8) is 0 Å². The first-order valence-electron chi connectivity index (χ1n) is 6.06. The number of hydrogen-bond acceptors (Lipinski definition) is 5. The minimum absolute atomic E-state index is 0.0280. The molecule has 2 aromatic rings. The van der Waals surface area contributed by atoms with Crippen LogP contribution in [0.2, 0.25) is 5.02 Å². The highest BCUT2D eigenvalue weighted by molar-refractivity contribution is 7.89. The third kappa shape index (κ3) is 3.78. The van der Waals surface area contributed by atoms with E-state index in [1.54, 1.807) is 31.2 Å². The first kappa shape index (κ1) is 15.0. The van der Waals surface area contributed by atoms with E-state index in [9.17, 15) is 8.42 Å². The molecule has 2 rings (SSSR count). The molecule has 1 aromatic carbocycles. The highest BCUT2D eigenvalue weighted by Crippen LogP contribution is 2.24. The second kappa shape index (κ2) is 6.34. The van der Waals surface area contributed by atoms with Crippen LogP contribution in [-0.2, 0) is 16.6 Å². The maximum Gasteiger partial charge on any atom is 0.242 e. The molecule has 0 spiro atoms. The number of benzene rings is 1. The van der Waals surface area contributed by atoms with Crippen molar-refractivity contribution < 1.29 is 12.9 Å². The summed E-state index contributed by atoms with van der Waals surface area (Å²) in [6.07, 6.45) is 0.546. The molecule has 0 amide bonds. The molecule has 0 saturated carbocycles. The van der Waals surface area contributed by atoms with E-state index in [1.807, 2.05) is 0 Å². The molecule has 6 nitrogen and oxygen atoms in total. The quantitative estimate of drug-likeness (QED) is 0.883. The van der Waals surface area contributed by atoms with Crippen molar-refractivity contribution in [1.82, 2.24) is 14.9 Å². The Kier molecular flexibility index (Phi) is 4.74. The van der Waals surface area contributed by atoms with E-state index in [0.717, 1.165) is 0 Å². The maximum atomic E-state index is 11.5. The van der Waals surface area contributed by atoms with Gasteiger partial charge in [-0.1, -0.05) is 35.8 Å². The first-order valence-corrected chi connectivity index (χ1v) is 8.09. The van der Waals surface area contributed by atoms with Gasteiger partial charge in [-0.3, -0.25) is 0 Å². The fourth-order valence-electron chi connectivity index (χ4n) is 1.59. The van der Waals surface area contributed by atoms with E-state index < -0.39 is 10.0 Å². The standard InChI is InChI=1S/C12H14ClN3O3S/c1-2-7-20(17,18)14-8-11-15-12(16-19-11)9-5-3-4-6-10(9)13/h3-6,14H,2,7-8H2,1H3. The Labute approximate surface area is 122 Å². The van der Waals surface area contributed by atoms with E-state index in [2.05, 4.69) is 14.9 Å². The second-order valence-corrected chi connectivity index (χ2v) is 6.47. The van der Waals surface area contributed by atoms with Crippen molar-refractivity contribution in [3.8, 4) is 11.4 Å². The molecule has 0 saturated heterocycles. The summed E-state index contributed by atoms with van der Waals surface area (Å²) in [4.78, 5) is 4.12. The predicted octanol–water partition coefficient (Wildman–Crippen LogP) is 2.22. The van der Waals surface area contributed by atoms with Gasteiger partial charge in [0.15, 0.2) is 0 Å². The van der Waals surface area contributed by atoms with Crippen LogP contribution in [0.3, 0.4) is 0 Å². The summed E-state index contributed by atoms with van der Waals surface area (Å²) in [7, 11) is -3.30. The van der Waals surface area contributed by atoms with E-state index in [1.165, 1.54) is 0 Å². The number of rotatable bonds is 6. The lowest BCUT2D eigenvalue weighted by atomic mass is 10.2. The third-order valence-electron chi connectivity index (χ3n) is 2.50. The van der Waals surface area contributed by atoms with Crippen molar-refractivity contribution in [3.05, 3.63) is 35.2 Å². The maximum absolute atomic E-state index is 11.5. The first-order chi connectivity index (χ1) is 9.52. The monoisotopic (exact) mass is 315 g/mol. The Morgan fingerprint density at radius 3 is 2.80 bits per heavy atom. The number of hydrogen-bond donors (Lipinski definition) is 1. The highest BCUT2D eigenvalue weighted by atomic mass is 35.5.